The molecule has 0 bridgehead atoms. The van der Waals surface area contributed by atoms with Gasteiger partial charge in [0.05, 0.1) is 27.4 Å². The molecule has 1 heterocycles. The van der Waals surface area contributed by atoms with Crippen LogP contribution < -0.4 is 14.8 Å². The minimum Gasteiger partial charge on any atom is -0.493 e. The van der Waals surface area contributed by atoms with Gasteiger partial charge in [-0.25, -0.2) is 0 Å². The highest BCUT2D eigenvalue weighted by Gasteiger charge is 2.27. The van der Waals surface area contributed by atoms with E-state index in [0.717, 1.165) is 50.1 Å². The fraction of sp³-hybridized carbons (Fsp3) is 0.500. The number of guanidine groups is 1. The maximum Gasteiger partial charge on any atom is 0.193 e. The summed E-state index contributed by atoms with van der Waals surface area (Å²) in [6.45, 7) is 8.61. The van der Waals surface area contributed by atoms with E-state index in [4.69, 9.17) is 14.2 Å². The van der Waals surface area contributed by atoms with Crippen molar-refractivity contribution in [1.82, 2.24) is 10.2 Å². The third-order valence-electron chi connectivity index (χ3n) is 6.12. The molecule has 1 fully saturated rings. The third kappa shape index (κ3) is 6.16. The second-order valence-electron chi connectivity index (χ2n) is 8.96. The molecule has 0 radical (unpaired) electrons. The van der Waals surface area contributed by atoms with Gasteiger partial charge in [-0.1, -0.05) is 50.2 Å². The lowest BCUT2D eigenvalue weighted by atomic mass is 9.84. The summed E-state index contributed by atoms with van der Waals surface area (Å²) in [5.41, 5.74) is 2.30. The molecule has 32 heavy (non-hydrogen) atoms. The first-order valence-corrected chi connectivity index (χ1v) is 11.3. The largest absolute Gasteiger partial charge is 0.493 e. The maximum absolute atomic E-state index is 5.97. The number of likely N-dealkylation sites (tertiary alicyclic amines) is 1. The van der Waals surface area contributed by atoms with Crippen LogP contribution in [0.3, 0.4) is 0 Å². The van der Waals surface area contributed by atoms with Gasteiger partial charge in [0.2, 0.25) is 0 Å². The van der Waals surface area contributed by atoms with Crippen LogP contribution >= 0.6 is 0 Å². The van der Waals surface area contributed by atoms with Crippen LogP contribution in [0.15, 0.2) is 53.5 Å². The molecule has 3 rings (SSSR count). The van der Waals surface area contributed by atoms with Crippen molar-refractivity contribution in [2.45, 2.75) is 32.3 Å². The molecule has 1 aliphatic heterocycles. The molecular formula is C26H37N3O3. The smallest absolute Gasteiger partial charge is 0.193 e. The average molecular weight is 440 g/mol. The van der Waals surface area contributed by atoms with Crippen molar-refractivity contribution in [2.24, 2.45) is 10.9 Å². The Morgan fingerprint density at radius 2 is 1.84 bits per heavy atom. The molecule has 0 aromatic heterocycles. The van der Waals surface area contributed by atoms with E-state index < -0.39 is 0 Å². The molecular weight excluding hydrogens is 402 g/mol. The van der Waals surface area contributed by atoms with Gasteiger partial charge in [0.15, 0.2) is 17.5 Å². The van der Waals surface area contributed by atoms with E-state index in [9.17, 15) is 0 Å². The Bertz CT molecular complexity index is 883. The highest BCUT2D eigenvalue weighted by Crippen LogP contribution is 2.33. The Hall–Kier alpha value is -2.73. The van der Waals surface area contributed by atoms with Crippen molar-refractivity contribution in [1.29, 1.82) is 0 Å². The average Bonchev–Trinajstić information content (AvgIpc) is 3.28. The lowest BCUT2D eigenvalue weighted by Gasteiger charge is -2.29. The van der Waals surface area contributed by atoms with Gasteiger partial charge in [0.1, 0.15) is 0 Å². The van der Waals surface area contributed by atoms with E-state index in [2.05, 4.69) is 65.5 Å². The first-order valence-electron chi connectivity index (χ1n) is 11.3. The molecule has 1 N–H and O–H groups in total. The number of benzene rings is 2. The number of ether oxygens (including phenoxy) is 3. The molecule has 0 saturated carbocycles. The Morgan fingerprint density at radius 3 is 2.53 bits per heavy atom. The zero-order valence-electron chi connectivity index (χ0n) is 20.1. The predicted molar refractivity (Wildman–Crippen MR) is 130 cm³/mol. The molecule has 1 saturated heterocycles. The van der Waals surface area contributed by atoms with Gasteiger partial charge in [0, 0.05) is 38.0 Å². The van der Waals surface area contributed by atoms with Gasteiger partial charge < -0.3 is 24.4 Å². The molecule has 2 aromatic carbocycles. The highest BCUT2D eigenvalue weighted by atomic mass is 16.5. The topological polar surface area (TPSA) is 55.3 Å². The van der Waals surface area contributed by atoms with Crippen molar-refractivity contribution >= 4 is 5.96 Å². The van der Waals surface area contributed by atoms with Crippen LogP contribution in [0, 0.1) is 5.92 Å². The fourth-order valence-corrected chi connectivity index (χ4v) is 4.07. The summed E-state index contributed by atoms with van der Waals surface area (Å²) in [4.78, 5) is 6.87. The number of nitrogens with zero attached hydrogens (tertiary/aromatic N) is 2. The van der Waals surface area contributed by atoms with Crippen LogP contribution in [0.1, 0.15) is 31.4 Å². The molecule has 174 valence electrons. The van der Waals surface area contributed by atoms with E-state index in [1.54, 1.807) is 14.2 Å². The third-order valence-corrected chi connectivity index (χ3v) is 6.12. The molecule has 2 aromatic rings. The molecule has 0 spiro atoms. The van der Waals surface area contributed by atoms with Crippen LogP contribution in [0.2, 0.25) is 0 Å². The van der Waals surface area contributed by atoms with Gasteiger partial charge in [-0.3, -0.25) is 4.99 Å². The van der Waals surface area contributed by atoms with Crippen molar-refractivity contribution < 1.29 is 14.2 Å². The van der Waals surface area contributed by atoms with Crippen molar-refractivity contribution in [3.05, 3.63) is 59.7 Å². The number of aliphatic imine (C=N–C) groups is 1. The first kappa shape index (κ1) is 23.9. The van der Waals surface area contributed by atoms with E-state index in [1.165, 1.54) is 11.1 Å². The lowest BCUT2D eigenvalue weighted by molar-refractivity contribution is 0.0906. The monoisotopic (exact) mass is 439 g/mol. The van der Waals surface area contributed by atoms with Gasteiger partial charge in [-0.15, -0.1) is 0 Å². The molecule has 0 amide bonds. The Kier molecular flexibility index (Phi) is 8.39. The molecule has 1 unspecified atom stereocenters. The summed E-state index contributed by atoms with van der Waals surface area (Å²) >= 11 is 0. The van der Waals surface area contributed by atoms with Crippen molar-refractivity contribution in [3.8, 4) is 11.5 Å². The maximum atomic E-state index is 5.97. The molecule has 1 aliphatic rings. The van der Waals surface area contributed by atoms with Gasteiger partial charge in [-0.05, 0) is 29.7 Å². The van der Waals surface area contributed by atoms with Crippen LogP contribution in [-0.4, -0.2) is 58.4 Å². The normalized spacial score (nSPS) is 16.8. The summed E-state index contributed by atoms with van der Waals surface area (Å²) < 4.78 is 16.8. The summed E-state index contributed by atoms with van der Waals surface area (Å²) in [6.07, 6.45) is 1.12. The molecule has 6 nitrogen and oxygen atoms in total. The van der Waals surface area contributed by atoms with Gasteiger partial charge in [-0.2, -0.15) is 0 Å². The van der Waals surface area contributed by atoms with E-state index in [-0.39, 0.29) is 5.41 Å². The second-order valence-corrected chi connectivity index (χ2v) is 8.96. The highest BCUT2D eigenvalue weighted by molar-refractivity contribution is 5.80. The van der Waals surface area contributed by atoms with Crippen LogP contribution in [-0.2, 0) is 16.8 Å². The van der Waals surface area contributed by atoms with Crippen LogP contribution in [0.25, 0.3) is 0 Å². The van der Waals surface area contributed by atoms with Gasteiger partial charge >= 0.3 is 0 Å². The standard InChI is InChI=1S/C26H37N3O3/c1-26(2,22-11-12-23(30-4)24(15-22)31-5)19-28-25(27-3)29-14-13-21(16-29)18-32-17-20-9-7-6-8-10-20/h6-12,15,21H,13-14,16-19H2,1-5H3,(H,27,28). The summed E-state index contributed by atoms with van der Waals surface area (Å²) in [5, 5.41) is 3.58. The number of rotatable bonds is 9. The molecule has 1 atom stereocenters. The summed E-state index contributed by atoms with van der Waals surface area (Å²) in [5.74, 6) is 2.97. The second kappa shape index (κ2) is 11.2. The van der Waals surface area contributed by atoms with E-state index in [1.807, 2.05) is 19.2 Å². The SMILES string of the molecule is CN=C(NCC(C)(C)c1ccc(OC)c(OC)c1)N1CCC(COCc2ccccc2)C1. The first-order chi connectivity index (χ1) is 15.5. The Balaban J connectivity index is 1.51. The number of nitrogens with one attached hydrogen (secondary N) is 1. The van der Waals surface area contributed by atoms with Crippen molar-refractivity contribution in [2.75, 3.05) is 47.5 Å². The summed E-state index contributed by atoms with van der Waals surface area (Å²) in [6, 6.07) is 16.5. The molecule has 6 heteroatoms. The van der Waals surface area contributed by atoms with Crippen molar-refractivity contribution in [3.63, 3.8) is 0 Å². The quantitative estimate of drug-likeness (QED) is 0.471. The lowest BCUT2D eigenvalue weighted by Crippen LogP contribution is -2.45. The number of hydrogen-bond donors (Lipinski definition) is 1. The predicted octanol–water partition coefficient (Wildman–Crippen LogP) is 4.10. The fourth-order valence-electron chi connectivity index (χ4n) is 4.07. The number of hydrogen-bond acceptors (Lipinski definition) is 4. The minimum atomic E-state index is -0.104. The zero-order chi connectivity index (χ0) is 23.0. The Labute approximate surface area is 192 Å². The summed E-state index contributed by atoms with van der Waals surface area (Å²) in [7, 11) is 5.18. The van der Waals surface area contributed by atoms with Crippen LogP contribution in [0.5, 0.6) is 11.5 Å². The zero-order valence-corrected chi connectivity index (χ0v) is 20.1. The number of methoxy groups -OCH3 is 2. The van der Waals surface area contributed by atoms with Gasteiger partial charge in [0.25, 0.3) is 0 Å². The van der Waals surface area contributed by atoms with Crippen LogP contribution in [0.4, 0.5) is 0 Å². The van der Waals surface area contributed by atoms with E-state index >= 15 is 0 Å². The van der Waals surface area contributed by atoms with E-state index in [0.29, 0.717) is 12.5 Å². The minimum absolute atomic E-state index is 0.104. The molecule has 0 aliphatic carbocycles. The Morgan fingerprint density at radius 1 is 1.09 bits per heavy atom.